The number of guanidine groups is 1. The second kappa shape index (κ2) is 13.9. The van der Waals surface area contributed by atoms with Crippen LogP contribution in [0.15, 0.2) is 91.1 Å². The molecule has 0 bridgehead atoms. The Morgan fingerprint density at radius 3 is 2.02 bits per heavy atom. The van der Waals surface area contributed by atoms with Crippen molar-refractivity contribution in [2.75, 3.05) is 26.6 Å². The zero-order valence-corrected chi connectivity index (χ0v) is 23.9. The van der Waals surface area contributed by atoms with Crippen molar-refractivity contribution < 1.29 is 23.8 Å². The molecule has 0 aliphatic heterocycles. The van der Waals surface area contributed by atoms with Crippen LogP contribution in [0.1, 0.15) is 26.3 Å². The lowest BCUT2D eigenvalue weighted by molar-refractivity contribution is 0.0973. The molecule has 2 amide bonds. The first-order valence-corrected chi connectivity index (χ1v) is 13.1. The summed E-state index contributed by atoms with van der Waals surface area (Å²) >= 11 is 6.33. The molecule has 0 radical (unpaired) electrons. The number of rotatable bonds is 9. The van der Waals surface area contributed by atoms with Gasteiger partial charge in [-0.15, -0.1) is 0 Å². The zero-order chi connectivity index (χ0) is 30.1. The number of halogens is 1. The summed E-state index contributed by atoms with van der Waals surface area (Å²) in [7, 11) is 4.36. The predicted octanol–water partition coefficient (Wildman–Crippen LogP) is 6.21. The monoisotopic (exact) mass is 584 g/mol. The van der Waals surface area contributed by atoms with Crippen molar-refractivity contribution in [2.45, 2.75) is 0 Å². The number of hydrogen-bond acceptors (Lipinski definition) is 6. The highest BCUT2D eigenvalue weighted by Gasteiger charge is 2.17. The number of amides is 2. The van der Waals surface area contributed by atoms with E-state index in [1.807, 2.05) is 42.5 Å². The van der Waals surface area contributed by atoms with Crippen LogP contribution in [0.2, 0.25) is 5.02 Å². The molecule has 0 atom stereocenters. The Morgan fingerprint density at radius 2 is 1.40 bits per heavy atom. The van der Waals surface area contributed by atoms with Crippen molar-refractivity contribution in [2.24, 2.45) is 0 Å². The van der Waals surface area contributed by atoms with E-state index in [0.717, 1.165) is 11.1 Å². The maximum absolute atomic E-state index is 12.9. The molecular weight excluding hydrogens is 556 g/mol. The Bertz CT molecular complexity index is 1600. The third kappa shape index (κ3) is 7.26. The normalized spacial score (nSPS) is 10.6. The largest absolute Gasteiger partial charge is 0.493 e. The van der Waals surface area contributed by atoms with Crippen LogP contribution in [0.25, 0.3) is 17.2 Å². The van der Waals surface area contributed by atoms with E-state index in [4.69, 9.17) is 31.2 Å². The van der Waals surface area contributed by atoms with Gasteiger partial charge in [-0.05, 0) is 59.2 Å². The molecule has 0 saturated carbocycles. The van der Waals surface area contributed by atoms with Gasteiger partial charge in [0.05, 0.1) is 32.0 Å². The maximum atomic E-state index is 12.9. The van der Waals surface area contributed by atoms with Gasteiger partial charge in [0.15, 0.2) is 17.5 Å². The lowest BCUT2D eigenvalue weighted by Crippen LogP contribution is -2.37. The van der Waals surface area contributed by atoms with Crippen LogP contribution in [0.3, 0.4) is 0 Å². The number of methoxy groups -OCH3 is 3. The number of carbonyl (C=O) groups is 2. The highest BCUT2D eigenvalue weighted by atomic mass is 35.5. The summed E-state index contributed by atoms with van der Waals surface area (Å²) in [5.41, 5.74) is 3.91. The molecular formula is C32H29ClN4O5. The highest BCUT2D eigenvalue weighted by molar-refractivity contribution is 6.34. The van der Waals surface area contributed by atoms with Crippen molar-refractivity contribution in [1.82, 2.24) is 10.6 Å². The van der Waals surface area contributed by atoms with Gasteiger partial charge >= 0.3 is 0 Å². The second-order valence-electron chi connectivity index (χ2n) is 8.86. The van der Waals surface area contributed by atoms with Crippen LogP contribution in [0.5, 0.6) is 17.2 Å². The molecule has 0 aromatic heterocycles. The molecule has 0 aliphatic rings. The van der Waals surface area contributed by atoms with Crippen LogP contribution in [0, 0.1) is 5.41 Å². The van der Waals surface area contributed by atoms with Crippen LogP contribution >= 0.6 is 11.6 Å². The Balaban J connectivity index is 1.37. The van der Waals surface area contributed by atoms with Crippen molar-refractivity contribution in [3.05, 3.63) is 113 Å². The topological polar surface area (TPSA) is 122 Å². The van der Waals surface area contributed by atoms with E-state index in [2.05, 4.69) is 16.0 Å². The fourth-order valence-electron chi connectivity index (χ4n) is 4.04. The summed E-state index contributed by atoms with van der Waals surface area (Å²) in [4.78, 5) is 25.6. The Hall–Kier alpha value is -5.28. The zero-order valence-electron chi connectivity index (χ0n) is 23.2. The second-order valence-corrected chi connectivity index (χ2v) is 9.26. The average Bonchev–Trinajstić information content (AvgIpc) is 3.02. The van der Waals surface area contributed by atoms with E-state index in [9.17, 15) is 9.59 Å². The maximum Gasteiger partial charge on any atom is 0.258 e. The molecule has 4 aromatic rings. The SMILES string of the molecule is COc1cc(C(=O)NC(=N)N/C=C/c2ccc(Cl)c(NC(=O)c3ccc(-c4ccccc4)cc3)c2)cc(OC)c1OC. The summed E-state index contributed by atoms with van der Waals surface area (Å²) in [6, 6.07) is 25.3. The first-order valence-electron chi connectivity index (χ1n) is 12.7. The standard InChI is InChI=1S/C32H29ClN4O5/c1-40-27-18-24(19-28(41-2)29(27)42-3)31(39)37-32(34)35-16-15-20-9-14-25(33)26(17-20)36-30(38)23-12-10-22(11-13-23)21-7-5-4-6-8-21/h4-19H,1-3H3,(H,36,38)(H3,34,35,37,39)/b16-15+. The van der Waals surface area contributed by atoms with Gasteiger partial charge in [0.25, 0.3) is 11.8 Å². The first kappa shape index (κ1) is 29.7. The number of benzene rings is 4. The fourth-order valence-corrected chi connectivity index (χ4v) is 4.20. The van der Waals surface area contributed by atoms with Crippen molar-refractivity contribution in [1.29, 1.82) is 5.41 Å². The van der Waals surface area contributed by atoms with Gasteiger partial charge in [-0.2, -0.15) is 0 Å². The Morgan fingerprint density at radius 1 is 0.762 bits per heavy atom. The fraction of sp³-hybridized carbons (Fsp3) is 0.0938. The summed E-state index contributed by atoms with van der Waals surface area (Å²) in [6.07, 6.45) is 3.15. The number of hydrogen-bond donors (Lipinski definition) is 4. The smallest absolute Gasteiger partial charge is 0.258 e. The molecule has 0 spiro atoms. The average molecular weight is 585 g/mol. The molecule has 214 valence electrons. The van der Waals surface area contributed by atoms with E-state index in [1.165, 1.54) is 39.7 Å². The van der Waals surface area contributed by atoms with Crippen LogP contribution in [-0.2, 0) is 0 Å². The van der Waals surface area contributed by atoms with Gasteiger partial charge in [-0.25, -0.2) is 0 Å². The van der Waals surface area contributed by atoms with Gasteiger partial charge in [0.2, 0.25) is 5.75 Å². The predicted molar refractivity (Wildman–Crippen MR) is 165 cm³/mol. The summed E-state index contributed by atoms with van der Waals surface area (Å²) < 4.78 is 15.8. The first-order chi connectivity index (χ1) is 20.3. The third-order valence-corrected chi connectivity index (χ3v) is 6.49. The lowest BCUT2D eigenvalue weighted by Gasteiger charge is -2.14. The van der Waals surface area contributed by atoms with E-state index in [0.29, 0.717) is 39.1 Å². The van der Waals surface area contributed by atoms with Gasteiger partial charge in [0.1, 0.15) is 0 Å². The molecule has 0 fully saturated rings. The molecule has 9 nitrogen and oxygen atoms in total. The van der Waals surface area contributed by atoms with E-state index in [-0.39, 0.29) is 17.4 Å². The molecule has 0 unspecified atom stereocenters. The van der Waals surface area contributed by atoms with Gasteiger partial charge in [-0.3, -0.25) is 20.3 Å². The number of anilines is 1. The molecule has 10 heteroatoms. The molecule has 0 aliphatic carbocycles. The number of carbonyl (C=O) groups excluding carboxylic acids is 2. The minimum atomic E-state index is -0.548. The van der Waals surface area contributed by atoms with E-state index in [1.54, 1.807) is 36.4 Å². The third-order valence-electron chi connectivity index (χ3n) is 6.16. The van der Waals surface area contributed by atoms with E-state index >= 15 is 0 Å². The van der Waals surface area contributed by atoms with Gasteiger partial charge < -0.3 is 24.8 Å². The molecule has 4 aromatic carbocycles. The molecule has 4 rings (SSSR count). The lowest BCUT2D eigenvalue weighted by atomic mass is 10.0. The van der Waals surface area contributed by atoms with Crippen LogP contribution < -0.4 is 30.2 Å². The Labute approximate surface area is 248 Å². The quantitative estimate of drug-likeness (QED) is 0.137. The number of ether oxygens (including phenoxy) is 3. The molecule has 0 heterocycles. The summed E-state index contributed by atoms with van der Waals surface area (Å²) in [5.74, 6) is -0.119. The number of nitrogens with one attached hydrogen (secondary N) is 4. The molecule has 4 N–H and O–H groups in total. The summed E-state index contributed by atoms with van der Waals surface area (Å²) in [6.45, 7) is 0. The van der Waals surface area contributed by atoms with Gasteiger partial charge in [-0.1, -0.05) is 60.1 Å². The Kier molecular flexibility index (Phi) is 9.81. The minimum absolute atomic E-state index is 0.216. The minimum Gasteiger partial charge on any atom is -0.493 e. The van der Waals surface area contributed by atoms with E-state index < -0.39 is 5.91 Å². The van der Waals surface area contributed by atoms with Crippen LogP contribution in [0.4, 0.5) is 5.69 Å². The van der Waals surface area contributed by atoms with Crippen molar-refractivity contribution in [3.8, 4) is 28.4 Å². The summed E-state index contributed by atoms with van der Waals surface area (Å²) in [5, 5.41) is 16.4. The van der Waals surface area contributed by atoms with Crippen LogP contribution in [-0.4, -0.2) is 39.1 Å². The molecule has 0 saturated heterocycles. The van der Waals surface area contributed by atoms with Gasteiger partial charge in [0, 0.05) is 17.3 Å². The van der Waals surface area contributed by atoms with Crippen molar-refractivity contribution >= 4 is 41.1 Å². The van der Waals surface area contributed by atoms with Crippen molar-refractivity contribution in [3.63, 3.8) is 0 Å². The highest BCUT2D eigenvalue weighted by Crippen LogP contribution is 2.38. The molecule has 42 heavy (non-hydrogen) atoms.